The first kappa shape index (κ1) is 18.0. The summed E-state index contributed by atoms with van der Waals surface area (Å²) >= 11 is 6.70. The number of hydrogen-bond acceptors (Lipinski definition) is 4. The number of phenols is 1. The number of benzene rings is 1. The molecule has 1 saturated heterocycles. The molecular formula is C18H23NO2S2. The molecular weight excluding hydrogens is 326 g/mol. The fourth-order valence-electron chi connectivity index (χ4n) is 2.46. The van der Waals surface area contributed by atoms with Crippen molar-refractivity contribution in [2.24, 2.45) is 0 Å². The number of phenolic OH excluding ortho intramolecular Hbond substituents is 1. The molecule has 0 unspecified atom stereocenters. The number of thioether (sulfide) groups is 1. The van der Waals surface area contributed by atoms with Crippen LogP contribution in [-0.4, -0.2) is 26.8 Å². The van der Waals surface area contributed by atoms with Crippen LogP contribution in [0, 0.1) is 0 Å². The van der Waals surface area contributed by atoms with E-state index in [1.54, 1.807) is 29.2 Å². The van der Waals surface area contributed by atoms with Gasteiger partial charge in [-0.3, -0.25) is 9.69 Å². The van der Waals surface area contributed by atoms with E-state index in [2.05, 4.69) is 6.92 Å². The zero-order valence-corrected chi connectivity index (χ0v) is 15.1. The first-order valence-corrected chi connectivity index (χ1v) is 9.38. The lowest BCUT2D eigenvalue weighted by atomic mass is 10.1. The summed E-state index contributed by atoms with van der Waals surface area (Å²) in [4.78, 5) is 14.8. The standard InChI is InChI=1S/C18H23NO2S2/c1-2-3-4-5-6-7-12-19-17(21)16(23-18(19)22)13-14-8-10-15(20)11-9-14/h8-11,13,20H,2-7,12H2,1H3/b16-13-. The van der Waals surface area contributed by atoms with Gasteiger partial charge in [0.2, 0.25) is 0 Å². The van der Waals surface area contributed by atoms with Gasteiger partial charge in [-0.1, -0.05) is 75.1 Å². The third-order valence-corrected chi connectivity index (χ3v) is 5.18. The highest BCUT2D eigenvalue weighted by atomic mass is 32.2. The molecule has 0 saturated carbocycles. The van der Waals surface area contributed by atoms with Gasteiger partial charge in [-0.2, -0.15) is 0 Å². The van der Waals surface area contributed by atoms with Gasteiger partial charge < -0.3 is 5.11 Å². The Bertz CT molecular complexity index is 581. The molecule has 0 spiro atoms. The molecule has 5 heteroatoms. The quantitative estimate of drug-likeness (QED) is 0.409. The number of hydrogen-bond donors (Lipinski definition) is 1. The van der Waals surface area contributed by atoms with Gasteiger partial charge in [-0.05, 0) is 30.2 Å². The summed E-state index contributed by atoms with van der Waals surface area (Å²) in [6, 6.07) is 6.80. The molecule has 1 amide bonds. The summed E-state index contributed by atoms with van der Waals surface area (Å²) in [5, 5.41) is 9.31. The molecule has 0 aromatic heterocycles. The molecule has 23 heavy (non-hydrogen) atoms. The van der Waals surface area contributed by atoms with Crippen molar-refractivity contribution in [2.45, 2.75) is 45.4 Å². The zero-order chi connectivity index (χ0) is 16.7. The number of carbonyl (C=O) groups excluding carboxylic acids is 1. The van der Waals surface area contributed by atoms with Crippen LogP contribution >= 0.6 is 24.0 Å². The van der Waals surface area contributed by atoms with Gasteiger partial charge in [0.1, 0.15) is 10.1 Å². The summed E-state index contributed by atoms with van der Waals surface area (Å²) in [6.45, 7) is 2.92. The van der Waals surface area contributed by atoms with Crippen molar-refractivity contribution in [3.63, 3.8) is 0 Å². The molecule has 1 N–H and O–H groups in total. The lowest BCUT2D eigenvalue weighted by molar-refractivity contribution is -0.122. The smallest absolute Gasteiger partial charge is 0.266 e. The predicted octanol–water partition coefficient (Wildman–Crippen LogP) is 4.95. The van der Waals surface area contributed by atoms with E-state index in [1.807, 2.05) is 6.08 Å². The molecule has 0 bridgehead atoms. The van der Waals surface area contributed by atoms with Gasteiger partial charge in [0.25, 0.3) is 5.91 Å². The monoisotopic (exact) mass is 349 g/mol. The van der Waals surface area contributed by atoms with Crippen molar-refractivity contribution in [1.82, 2.24) is 4.90 Å². The fraction of sp³-hybridized carbons (Fsp3) is 0.444. The van der Waals surface area contributed by atoms with Crippen molar-refractivity contribution in [2.75, 3.05) is 6.54 Å². The van der Waals surface area contributed by atoms with Crippen molar-refractivity contribution in [1.29, 1.82) is 0 Å². The largest absolute Gasteiger partial charge is 0.508 e. The summed E-state index contributed by atoms with van der Waals surface area (Å²) in [5.41, 5.74) is 0.892. The normalized spacial score (nSPS) is 16.6. The maximum atomic E-state index is 12.5. The average Bonchev–Trinajstić information content (AvgIpc) is 2.80. The van der Waals surface area contributed by atoms with Gasteiger partial charge in [0, 0.05) is 6.54 Å². The topological polar surface area (TPSA) is 40.5 Å². The Morgan fingerprint density at radius 1 is 1.13 bits per heavy atom. The van der Waals surface area contributed by atoms with Crippen LogP contribution in [0.1, 0.15) is 51.0 Å². The summed E-state index contributed by atoms with van der Waals surface area (Å²) in [6.07, 6.45) is 9.02. The molecule has 1 aliphatic rings. The van der Waals surface area contributed by atoms with Crippen LogP contribution in [0.2, 0.25) is 0 Å². The van der Waals surface area contributed by atoms with Crippen molar-refractivity contribution >= 4 is 40.3 Å². The van der Waals surface area contributed by atoms with E-state index in [4.69, 9.17) is 12.2 Å². The van der Waals surface area contributed by atoms with E-state index in [0.717, 1.165) is 18.4 Å². The Labute approximate surface area is 147 Å². The van der Waals surface area contributed by atoms with Crippen LogP contribution in [0.4, 0.5) is 0 Å². The van der Waals surface area contributed by atoms with E-state index in [9.17, 15) is 9.90 Å². The highest BCUT2D eigenvalue weighted by Gasteiger charge is 2.31. The number of nitrogens with zero attached hydrogens (tertiary/aromatic N) is 1. The molecule has 1 heterocycles. The average molecular weight is 350 g/mol. The number of unbranched alkanes of at least 4 members (excludes halogenated alkanes) is 5. The van der Waals surface area contributed by atoms with Crippen molar-refractivity contribution in [3.8, 4) is 5.75 Å². The minimum absolute atomic E-state index is 0.00151. The van der Waals surface area contributed by atoms with Crippen LogP contribution in [0.15, 0.2) is 29.2 Å². The maximum Gasteiger partial charge on any atom is 0.266 e. The Hall–Kier alpha value is -1.33. The molecule has 1 aromatic carbocycles. The van der Waals surface area contributed by atoms with Gasteiger partial charge >= 0.3 is 0 Å². The summed E-state index contributed by atoms with van der Waals surface area (Å²) in [5.74, 6) is 0.222. The second-order valence-corrected chi connectivity index (χ2v) is 7.37. The second kappa shape index (κ2) is 9.08. The van der Waals surface area contributed by atoms with Crippen LogP contribution in [0.5, 0.6) is 5.75 Å². The third-order valence-electron chi connectivity index (χ3n) is 3.80. The lowest BCUT2D eigenvalue weighted by Crippen LogP contribution is -2.29. The van der Waals surface area contributed by atoms with E-state index in [0.29, 0.717) is 15.8 Å². The van der Waals surface area contributed by atoms with Crippen LogP contribution in [0.3, 0.4) is 0 Å². The number of carbonyl (C=O) groups is 1. The first-order chi connectivity index (χ1) is 11.1. The minimum Gasteiger partial charge on any atom is -0.508 e. The highest BCUT2D eigenvalue weighted by Crippen LogP contribution is 2.33. The van der Waals surface area contributed by atoms with Crippen molar-refractivity contribution < 1.29 is 9.90 Å². The molecule has 124 valence electrons. The zero-order valence-electron chi connectivity index (χ0n) is 13.5. The van der Waals surface area contributed by atoms with Crippen LogP contribution in [0.25, 0.3) is 6.08 Å². The molecule has 0 radical (unpaired) electrons. The highest BCUT2D eigenvalue weighted by molar-refractivity contribution is 8.26. The van der Waals surface area contributed by atoms with Crippen molar-refractivity contribution in [3.05, 3.63) is 34.7 Å². The number of amides is 1. The van der Waals surface area contributed by atoms with Gasteiger partial charge in [-0.15, -0.1) is 0 Å². The number of aromatic hydroxyl groups is 1. The summed E-state index contributed by atoms with van der Waals surface area (Å²) < 4.78 is 0.647. The fourth-order valence-corrected chi connectivity index (χ4v) is 3.77. The Kier molecular flexibility index (Phi) is 7.12. The SMILES string of the molecule is CCCCCCCCN1C(=O)/C(=C/c2ccc(O)cc2)SC1=S. The van der Waals surface area contributed by atoms with E-state index >= 15 is 0 Å². The number of rotatable bonds is 8. The molecule has 2 rings (SSSR count). The van der Waals surface area contributed by atoms with Gasteiger partial charge in [-0.25, -0.2) is 0 Å². The van der Waals surface area contributed by atoms with E-state index in [1.165, 1.54) is 37.4 Å². The minimum atomic E-state index is 0.00151. The Morgan fingerprint density at radius 2 is 1.78 bits per heavy atom. The predicted molar refractivity (Wildman–Crippen MR) is 101 cm³/mol. The van der Waals surface area contributed by atoms with Gasteiger partial charge in [0.05, 0.1) is 4.91 Å². The van der Waals surface area contributed by atoms with Crippen LogP contribution < -0.4 is 0 Å². The van der Waals surface area contributed by atoms with E-state index in [-0.39, 0.29) is 11.7 Å². The Morgan fingerprint density at radius 3 is 2.48 bits per heavy atom. The number of thiocarbonyl (C=S) groups is 1. The summed E-state index contributed by atoms with van der Waals surface area (Å²) in [7, 11) is 0. The molecule has 0 aliphatic carbocycles. The maximum absolute atomic E-state index is 12.5. The molecule has 0 atom stereocenters. The lowest BCUT2D eigenvalue weighted by Gasteiger charge is -2.13. The van der Waals surface area contributed by atoms with Crippen LogP contribution in [-0.2, 0) is 4.79 Å². The molecule has 1 aromatic rings. The Balaban J connectivity index is 1.88. The second-order valence-electron chi connectivity index (χ2n) is 5.69. The molecule has 3 nitrogen and oxygen atoms in total. The third kappa shape index (κ3) is 5.36. The van der Waals surface area contributed by atoms with Gasteiger partial charge in [0.15, 0.2) is 0 Å². The van der Waals surface area contributed by atoms with E-state index < -0.39 is 0 Å². The first-order valence-electron chi connectivity index (χ1n) is 8.16. The molecule has 1 fully saturated rings. The molecule has 1 aliphatic heterocycles.